The largest absolute Gasteiger partial charge is 0.486 e. The van der Waals surface area contributed by atoms with Gasteiger partial charge < -0.3 is 10.1 Å². The van der Waals surface area contributed by atoms with Crippen LogP contribution in [0, 0.1) is 17.1 Å². The number of ether oxygens (including phenoxy) is 1. The molecule has 0 fully saturated rings. The molecule has 0 atom stereocenters. The average molecular weight is 441 g/mol. The van der Waals surface area contributed by atoms with E-state index in [0.29, 0.717) is 16.8 Å². The molecule has 150 valence electrons. The summed E-state index contributed by atoms with van der Waals surface area (Å²) in [5, 5.41) is 12.4. The van der Waals surface area contributed by atoms with Gasteiger partial charge in [-0.25, -0.2) is 4.39 Å². The highest BCUT2D eigenvalue weighted by Gasteiger charge is 2.13. The zero-order valence-corrected chi connectivity index (χ0v) is 17.0. The minimum atomic E-state index is -0.553. The molecule has 4 nitrogen and oxygen atoms in total. The van der Waals surface area contributed by atoms with Gasteiger partial charge in [-0.15, -0.1) is 0 Å². The summed E-state index contributed by atoms with van der Waals surface area (Å²) in [7, 11) is 0. The van der Waals surface area contributed by atoms with Crippen LogP contribution in [0.3, 0.4) is 0 Å². The molecule has 3 aromatic carbocycles. The van der Waals surface area contributed by atoms with Gasteiger partial charge in [-0.2, -0.15) is 5.26 Å². The van der Waals surface area contributed by atoms with E-state index in [1.54, 1.807) is 36.4 Å². The molecule has 0 spiro atoms. The lowest BCUT2D eigenvalue weighted by Gasteiger charge is -2.11. The van der Waals surface area contributed by atoms with Crippen LogP contribution in [0.4, 0.5) is 10.1 Å². The van der Waals surface area contributed by atoms with Crippen LogP contribution in [0.1, 0.15) is 11.1 Å². The first kappa shape index (κ1) is 21.4. The topological polar surface area (TPSA) is 62.1 Å². The first-order valence-electron chi connectivity index (χ1n) is 8.81. The molecule has 0 heterocycles. The van der Waals surface area contributed by atoms with E-state index in [2.05, 4.69) is 5.32 Å². The van der Waals surface area contributed by atoms with Gasteiger partial charge in [0.25, 0.3) is 5.91 Å². The number of para-hydroxylation sites is 1. The molecule has 0 aliphatic rings. The number of carbonyl (C=O) groups excluding carboxylic acids is 1. The number of nitrogens with one attached hydrogen (secondary N) is 1. The Balaban J connectivity index is 1.77. The molecule has 3 rings (SSSR count). The third-order valence-electron chi connectivity index (χ3n) is 4.00. The molecule has 7 heteroatoms. The van der Waals surface area contributed by atoms with Crippen LogP contribution in [0.15, 0.2) is 72.3 Å². The van der Waals surface area contributed by atoms with E-state index >= 15 is 0 Å². The van der Waals surface area contributed by atoms with E-state index in [-0.39, 0.29) is 33.8 Å². The number of nitriles is 1. The summed E-state index contributed by atoms with van der Waals surface area (Å²) in [6, 6.07) is 19.7. The van der Waals surface area contributed by atoms with Gasteiger partial charge >= 0.3 is 0 Å². The van der Waals surface area contributed by atoms with Crippen LogP contribution < -0.4 is 10.1 Å². The fourth-order valence-electron chi connectivity index (χ4n) is 2.62. The molecule has 0 aliphatic heterocycles. The molecule has 0 saturated heterocycles. The Bertz CT molecular complexity index is 1120. The molecule has 0 unspecified atom stereocenters. The molecule has 0 saturated carbocycles. The summed E-state index contributed by atoms with van der Waals surface area (Å²) in [6.07, 6.45) is 1.38. The van der Waals surface area contributed by atoms with E-state index in [4.69, 9.17) is 27.9 Å². The fraction of sp³-hybridized carbons (Fsp3) is 0.0435. The van der Waals surface area contributed by atoms with Crippen LogP contribution in [-0.2, 0) is 11.4 Å². The zero-order valence-electron chi connectivity index (χ0n) is 15.5. The van der Waals surface area contributed by atoms with E-state index in [0.717, 1.165) is 0 Å². The number of hydrogen-bond acceptors (Lipinski definition) is 3. The van der Waals surface area contributed by atoms with Crippen molar-refractivity contribution in [1.29, 1.82) is 5.26 Å². The molecule has 0 radical (unpaired) electrons. The summed E-state index contributed by atoms with van der Waals surface area (Å²) in [4.78, 5) is 12.3. The Morgan fingerprint density at radius 2 is 1.77 bits per heavy atom. The Labute approximate surface area is 183 Å². The van der Waals surface area contributed by atoms with E-state index in [1.807, 2.05) is 12.1 Å². The molecule has 1 N–H and O–H groups in total. The quantitative estimate of drug-likeness (QED) is 0.363. The SMILES string of the molecule is N#C/C(=C/c1cc(Cl)c(OCc2cccc(F)c2)c(Cl)c1)C(=O)Nc1ccccc1. The maximum absolute atomic E-state index is 13.3. The van der Waals surface area contributed by atoms with Crippen LogP contribution in [0.2, 0.25) is 10.0 Å². The van der Waals surface area contributed by atoms with Crippen molar-refractivity contribution in [3.63, 3.8) is 0 Å². The van der Waals surface area contributed by atoms with E-state index in [1.165, 1.54) is 30.3 Å². The molecular formula is C23H15Cl2FN2O2. The van der Waals surface area contributed by atoms with Gasteiger partial charge in [0.05, 0.1) is 10.0 Å². The van der Waals surface area contributed by atoms with Crippen molar-refractivity contribution in [2.75, 3.05) is 5.32 Å². The number of amides is 1. The van der Waals surface area contributed by atoms with Crippen molar-refractivity contribution in [2.45, 2.75) is 6.61 Å². The molecule has 0 bridgehead atoms. The normalized spacial score (nSPS) is 10.9. The summed E-state index contributed by atoms with van der Waals surface area (Å²) < 4.78 is 18.9. The predicted molar refractivity (Wildman–Crippen MR) is 116 cm³/mol. The number of carbonyl (C=O) groups is 1. The van der Waals surface area contributed by atoms with Crippen molar-refractivity contribution in [3.8, 4) is 11.8 Å². The molecule has 0 aromatic heterocycles. The minimum Gasteiger partial charge on any atom is -0.486 e. The third kappa shape index (κ3) is 5.60. The van der Waals surface area contributed by atoms with Crippen LogP contribution in [-0.4, -0.2) is 5.91 Å². The monoisotopic (exact) mass is 440 g/mol. The first-order chi connectivity index (χ1) is 14.5. The highest BCUT2D eigenvalue weighted by atomic mass is 35.5. The predicted octanol–water partition coefficient (Wildman–Crippen LogP) is 6.26. The molecule has 0 aliphatic carbocycles. The molecular weight excluding hydrogens is 426 g/mol. The van der Waals surface area contributed by atoms with Gasteiger partial charge in [-0.05, 0) is 53.6 Å². The third-order valence-corrected chi connectivity index (χ3v) is 4.56. The lowest BCUT2D eigenvalue weighted by atomic mass is 10.1. The summed E-state index contributed by atoms with van der Waals surface area (Å²) in [5.74, 6) is -0.694. The van der Waals surface area contributed by atoms with Crippen molar-refractivity contribution >= 4 is 40.9 Å². The number of nitrogens with zero attached hydrogens (tertiary/aromatic N) is 1. The standard InChI is InChI=1S/C23H15Cl2FN2O2/c24-20-11-16(9-17(13-27)23(29)28-19-7-2-1-3-8-19)12-21(25)22(20)30-14-15-5-4-6-18(26)10-15/h1-12H,14H2,(H,28,29)/b17-9-. The summed E-state index contributed by atoms with van der Waals surface area (Å²) in [5.41, 5.74) is 1.54. The van der Waals surface area contributed by atoms with Gasteiger partial charge in [0.15, 0.2) is 5.75 Å². The Kier molecular flexibility index (Phi) is 7.08. The second-order valence-electron chi connectivity index (χ2n) is 6.22. The maximum Gasteiger partial charge on any atom is 0.266 e. The van der Waals surface area contributed by atoms with Gasteiger partial charge in [-0.3, -0.25) is 4.79 Å². The lowest BCUT2D eigenvalue weighted by molar-refractivity contribution is -0.112. The highest BCUT2D eigenvalue weighted by molar-refractivity contribution is 6.37. The number of rotatable bonds is 6. The minimum absolute atomic E-state index is 0.0787. The van der Waals surface area contributed by atoms with Gasteiger partial charge in [0.2, 0.25) is 0 Å². The van der Waals surface area contributed by atoms with Crippen LogP contribution in [0.5, 0.6) is 5.75 Å². The van der Waals surface area contributed by atoms with E-state index < -0.39 is 5.91 Å². The summed E-state index contributed by atoms with van der Waals surface area (Å²) >= 11 is 12.5. The smallest absolute Gasteiger partial charge is 0.266 e. The Morgan fingerprint density at radius 1 is 1.07 bits per heavy atom. The summed E-state index contributed by atoms with van der Waals surface area (Å²) in [6.45, 7) is 0.0787. The maximum atomic E-state index is 13.3. The average Bonchev–Trinajstić information content (AvgIpc) is 2.72. The molecule has 3 aromatic rings. The Hall–Kier alpha value is -3.33. The Morgan fingerprint density at radius 3 is 2.40 bits per heavy atom. The van der Waals surface area contributed by atoms with Crippen LogP contribution in [0.25, 0.3) is 6.08 Å². The number of hydrogen-bond donors (Lipinski definition) is 1. The number of anilines is 1. The van der Waals surface area contributed by atoms with Crippen molar-refractivity contribution in [3.05, 3.63) is 99.3 Å². The number of benzene rings is 3. The van der Waals surface area contributed by atoms with Gasteiger partial charge in [0, 0.05) is 5.69 Å². The van der Waals surface area contributed by atoms with E-state index in [9.17, 15) is 14.4 Å². The lowest BCUT2D eigenvalue weighted by Crippen LogP contribution is -2.13. The fourth-order valence-corrected chi connectivity index (χ4v) is 3.23. The van der Waals surface area contributed by atoms with Crippen molar-refractivity contribution < 1.29 is 13.9 Å². The highest BCUT2D eigenvalue weighted by Crippen LogP contribution is 2.35. The van der Waals surface area contributed by atoms with Gasteiger partial charge in [0.1, 0.15) is 24.1 Å². The second kappa shape index (κ2) is 9.93. The van der Waals surface area contributed by atoms with Crippen molar-refractivity contribution in [1.82, 2.24) is 0 Å². The first-order valence-corrected chi connectivity index (χ1v) is 9.56. The van der Waals surface area contributed by atoms with Gasteiger partial charge in [-0.1, -0.05) is 53.5 Å². The zero-order chi connectivity index (χ0) is 21.5. The molecule has 1 amide bonds. The molecule has 30 heavy (non-hydrogen) atoms. The van der Waals surface area contributed by atoms with Crippen LogP contribution >= 0.6 is 23.2 Å². The van der Waals surface area contributed by atoms with Crippen molar-refractivity contribution in [2.24, 2.45) is 0 Å². The number of halogens is 3. The second-order valence-corrected chi connectivity index (χ2v) is 7.04.